The number of benzene rings is 1. The molecule has 2 heterocycles. The van der Waals surface area contributed by atoms with Gasteiger partial charge in [0.25, 0.3) is 0 Å². The fourth-order valence-corrected chi connectivity index (χ4v) is 2.61. The van der Waals surface area contributed by atoms with Crippen molar-refractivity contribution >= 4 is 10.9 Å². The summed E-state index contributed by atoms with van der Waals surface area (Å²) < 4.78 is 19.1. The molecule has 132 valence electrons. The number of hydrogen-bond acceptors (Lipinski definition) is 4. The Morgan fingerprint density at radius 3 is 2.92 bits per heavy atom. The summed E-state index contributed by atoms with van der Waals surface area (Å²) >= 11 is 0. The summed E-state index contributed by atoms with van der Waals surface area (Å²) in [5, 5.41) is 4.40. The van der Waals surface area contributed by atoms with Crippen molar-refractivity contribution in [3.05, 3.63) is 59.8 Å². The van der Waals surface area contributed by atoms with E-state index >= 15 is 0 Å². The van der Waals surface area contributed by atoms with Crippen molar-refractivity contribution in [3.8, 4) is 5.75 Å². The zero-order valence-electron chi connectivity index (χ0n) is 14.6. The van der Waals surface area contributed by atoms with Crippen LogP contribution >= 0.6 is 0 Å². The molecule has 0 saturated heterocycles. The number of fused-ring (bicyclic) bond motifs is 1. The zero-order chi connectivity index (χ0) is 17.6. The minimum Gasteiger partial charge on any atom is -0.490 e. The van der Waals surface area contributed by atoms with Gasteiger partial charge in [0.1, 0.15) is 18.2 Å². The molecule has 5 nitrogen and oxygen atoms in total. The van der Waals surface area contributed by atoms with Crippen molar-refractivity contribution < 1.29 is 9.13 Å². The molecule has 0 bridgehead atoms. The summed E-state index contributed by atoms with van der Waals surface area (Å²) in [6, 6.07) is 8.76. The third-order valence-corrected chi connectivity index (χ3v) is 3.94. The summed E-state index contributed by atoms with van der Waals surface area (Å²) in [4.78, 5) is 9.45. The second kappa shape index (κ2) is 8.09. The summed E-state index contributed by atoms with van der Waals surface area (Å²) in [5.41, 5.74) is 2.90. The summed E-state index contributed by atoms with van der Waals surface area (Å²) in [6.07, 6.45) is 3.51. The quantitative estimate of drug-likeness (QED) is 0.661. The van der Waals surface area contributed by atoms with Crippen LogP contribution < -0.4 is 10.1 Å². The van der Waals surface area contributed by atoms with E-state index in [1.807, 2.05) is 26.2 Å². The largest absolute Gasteiger partial charge is 0.490 e. The van der Waals surface area contributed by atoms with Crippen LogP contribution in [0.1, 0.15) is 11.3 Å². The number of H-pyrrole nitrogens is 1. The predicted molar refractivity (Wildman–Crippen MR) is 97.1 cm³/mol. The number of pyridine rings is 1. The number of likely N-dealkylation sites (N-methyl/N-ethyl adjacent to an activating group) is 1. The first kappa shape index (κ1) is 17.4. The van der Waals surface area contributed by atoms with Crippen molar-refractivity contribution in [1.29, 1.82) is 0 Å². The topological polar surface area (TPSA) is 53.2 Å². The number of nitrogens with zero attached hydrogens (tertiary/aromatic N) is 2. The number of halogens is 1. The Morgan fingerprint density at radius 2 is 2.08 bits per heavy atom. The predicted octanol–water partition coefficient (Wildman–Crippen LogP) is 2.93. The van der Waals surface area contributed by atoms with Crippen molar-refractivity contribution in [2.75, 3.05) is 27.2 Å². The SMILES string of the molecule is CN(C)CCOc1cnccc1CNCc1cc2ccc(F)cc2[nH]1. The van der Waals surface area contributed by atoms with E-state index in [-0.39, 0.29) is 5.82 Å². The normalized spacial score (nSPS) is 11.4. The molecule has 25 heavy (non-hydrogen) atoms. The second-order valence-electron chi connectivity index (χ2n) is 6.26. The molecule has 2 N–H and O–H groups in total. The van der Waals surface area contributed by atoms with Crippen molar-refractivity contribution in [2.24, 2.45) is 0 Å². The fraction of sp³-hybridized carbons (Fsp3) is 0.316. The third-order valence-electron chi connectivity index (χ3n) is 3.94. The lowest BCUT2D eigenvalue weighted by Crippen LogP contribution is -2.20. The van der Waals surface area contributed by atoms with Gasteiger partial charge >= 0.3 is 0 Å². The smallest absolute Gasteiger partial charge is 0.142 e. The number of hydrogen-bond donors (Lipinski definition) is 2. The van der Waals surface area contributed by atoms with E-state index in [2.05, 4.69) is 20.2 Å². The van der Waals surface area contributed by atoms with E-state index in [0.717, 1.165) is 34.5 Å². The molecule has 0 spiro atoms. The van der Waals surface area contributed by atoms with Crippen LogP contribution in [0.2, 0.25) is 0 Å². The Kier molecular flexibility index (Phi) is 5.63. The zero-order valence-corrected chi connectivity index (χ0v) is 14.6. The Morgan fingerprint density at radius 1 is 1.20 bits per heavy atom. The first-order chi connectivity index (χ1) is 12.1. The number of ether oxygens (including phenoxy) is 1. The van der Waals surface area contributed by atoms with Crippen LogP contribution in [0.5, 0.6) is 5.75 Å². The maximum absolute atomic E-state index is 13.3. The monoisotopic (exact) mass is 342 g/mol. The minimum atomic E-state index is -0.231. The molecule has 0 radical (unpaired) electrons. The van der Waals surface area contributed by atoms with Crippen molar-refractivity contribution in [1.82, 2.24) is 20.2 Å². The average Bonchev–Trinajstić information content (AvgIpc) is 2.97. The van der Waals surface area contributed by atoms with Crippen LogP contribution in [0.15, 0.2) is 42.7 Å². The Bertz CT molecular complexity index is 831. The van der Waals surface area contributed by atoms with Gasteiger partial charge in [0, 0.05) is 42.6 Å². The van der Waals surface area contributed by atoms with Gasteiger partial charge < -0.3 is 19.9 Å². The molecule has 2 aromatic heterocycles. The Labute approximate surface area is 146 Å². The Balaban J connectivity index is 1.57. The first-order valence-corrected chi connectivity index (χ1v) is 8.30. The summed E-state index contributed by atoms with van der Waals surface area (Å²) in [6.45, 7) is 2.81. The fourth-order valence-electron chi connectivity index (χ4n) is 2.61. The molecule has 0 aliphatic heterocycles. The van der Waals surface area contributed by atoms with Gasteiger partial charge in [0.2, 0.25) is 0 Å². The molecule has 3 aromatic rings. The van der Waals surface area contributed by atoms with Gasteiger partial charge in [-0.15, -0.1) is 0 Å². The molecule has 0 amide bonds. The first-order valence-electron chi connectivity index (χ1n) is 8.30. The molecule has 1 aromatic carbocycles. The highest BCUT2D eigenvalue weighted by Gasteiger charge is 2.05. The van der Waals surface area contributed by atoms with Gasteiger partial charge in [-0.05, 0) is 49.8 Å². The number of rotatable bonds is 8. The summed E-state index contributed by atoms with van der Waals surface area (Å²) in [5.74, 6) is 0.570. The highest BCUT2D eigenvalue weighted by Crippen LogP contribution is 2.18. The standard InChI is InChI=1S/C19H23FN4O/c1-24(2)7-8-25-19-13-21-6-5-15(19)11-22-12-17-9-14-3-4-16(20)10-18(14)23-17/h3-6,9-10,13,22-23H,7-8,11-12H2,1-2H3. The van der Waals surface area contributed by atoms with Crippen molar-refractivity contribution in [2.45, 2.75) is 13.1 Å². The van der Waals surface area contributed by atoms with Crippen LogP contribution in [0, 0.1) is 5.82 Å². The highest BCUT2D eigenvalue weighted by molar-refractivity contribution is 5.80. The molecular formula is C19H23FN4O. The van der Waals surface area contributed by atoms with E-state index < -0.39 is 0 Å². The van der Waals surface area contributed by atoms with Crippen LogP contribution in [0.25, 0.3) is 10.9 Å². The molecule has 0 fully saturated rings. The lowest BCUT2D eigenvalue weighted by molar-refractivity contribution is 0.258. The number of aromatic nitrogens is 2. The molecule has 0 saturated carbocycles. The van der Waals surface area contributed by atoms with E-state index in [4.69, 9.17) is 4.74 Å². The lowest BCUT2D eigenvalue weighted by atomic mass is 10.2. The van der Waals surface area contributed by atoms with Crippen LogP contribution in [-0.4, -0.2) is 42.1 Å². The van der Waals surface area contributed by atoms with E-state index in [9.17, 15) is 4.39 Å². The maximum Gasteiger partial charge on any atom is 0.142 e. The summed E-state index contributed by atoms with van der Waals surface area (Å²) in [7, 11) is 4.03. The molecule has 3 rings (SSSR count). The van der Waals surface area contributed by atoms with Gasteiger partial charge in [0.15, 0.2) is 0 Å². The highest BCUT2D eigenvalue weighted by atomic mass is 19.1. The molecule has 0 aliphatic rings. The van der Waals surface area contributed by atoms with Crippen LogP contribution in [0.4, 0.5) is 4.39 Å². The molecule has 0 unspecified atom stereocenters. The van der Waals surface area contributed by atoms with E-state index in [1.54, 1.807) is 18.5 Å². The lowest BCUT2D eigenvalue weighted by Gasteiger charge is -2.14. The molecule has 6 heteroatoms. The van der Waals surface area contributed by atoms with Crippen molar-refractivity contribution in [3.63, 3.8) is 0 Å². The maximum atomic E-state index is 13.3. The van der Waals surface area contributed by atoms with Gasteiger partial charge in [-0.25, -0.2) is 4.39 Å². The van der Waals surface area contributed by atoms with Gasteiger partial charge in [0.05, 0.1) is 6.20 Å². The third kappa shape index (κ3) is 4.78. The average molecular weight is 342 g/mol. The van der Waals surface area contributed by atoms with Gasteiger partial charge in [-0.3, -0.25) is 4.98 Å². The van der Waals surface area contributed by atoms with E-state index in [0.29, 0.717) is 19.7 Å². The second-order valence-corrected chi connectivity index (χ2v) is 6.26. The van der Waals surface area contributed by atoms with Gasteiger partial charge in [-0.2, -0.15) is 0 Å². The molecule has 0 aliphatic carbocycles. The van der Waals surface area contributed by atoms with Crippen LogP contribution in [0.3, 0.4) is 0 Å². The number of nitrogens with one attached hydrogen (secondary N) is 2. The Hall–Kier alpha value is -2.44. The minimum absolute atomic E-state index is 0.231. The van der Waals surface area contributed by atoms with E-state index in [1.165, 1.54) is 12.1 Å². The van der Waals surface area contributed by atoms with Gasteiger partial charge in [-0.1, -0.05) is 0 Å². The van der Waals surface area contributed by atoms with Crippen LogP contribution in [-0.2, 0) is 13.1 Å². The molecular weight excluding hydrogens is 319 g/mol. The molecule has 0 atom stereocenters. The number of aromatic amines is 1.